The number of hydrogen-bond donors (Lipinski definition) is 2. The second-order valence-corrected chi connectivity index (χ2v) is 7.05. The molecule has 0 radical (unpaired) electrons. The Hall–Kier alpha value is -2.18. The van der Waals surface area contributed by atoms with Gasteiger partial charge in [0.15, 0.2) is 0 Å². The summed E-state index contributed by atoms with van der Waals surface area (Å²) in [5.74, 6) is 0.0246. The summed E-state index contributed by atoms with van der Waals surface area (Å²) in [5, 5.41) is 7.22. The number of hydrogen-bond acceptors (Lipinski definition) is 4. The first-order chi connectivity index (χ1) is 11.6. The van der Waals surface area contributed by atoms with E-state index in [1.807, 2.05) is 37.8 Å². The maximum Gasteiger partial charge on any atom is 0.226 e. The molecule has 3 aromatic rings. The Labute approximate surface area is 145 Å². The van der Waals surface area contributed by atoms with Gasteiger partial charge < -0.3 is 15.2 Å². The van der Waals surface area contributed by atoms with Crippen LogP contribution >= 0.6 is 11.3 Å². The second-order valence-electron chi connectivity index (χ2n) is 6.11. The molecule has 0 saturated carbocycles. The quantitative estimate of drug-likeness (QED) is 0.694. The minimum Gasteiger partial charge on any atom is -0.361 e. The molecule has 0 aliphatic carbocycles. The summed E-state index contributed by atoms with van der Waals surface area (Å²) in [7, 11) is 4.02. The summed E-state index contributed by atoms with van der Waals surface area (Å²) in [6.07, 6.45) is 3.18. The van der Waals surface area contributed by atoms with Crippen molar-refractivity contribution in [2.24, 2.45) is 0 Å². The Morgan fingerprint density at radius 1 is 1.33 bits per heavy atom. The van der Waals surface area contributed by atoms with Gasteiger partial charge in [-0.3, -0.25) is 4.79 Å². The minimum absolute atomic E-state index is 0.0246. The molecule has 0 bridgehead atoms. The van der Waals surface area contributed by atoms with E-state index in [1.165, 1.54) is 10.9 Å². The van der Waals surface area contributed by atoms with E-state index in [2.05, 4.69) is 32.3 Å². The zero-order chi connectivity index (χ0) is 16.9. The number of thiazole rings is 1. The van der Waals surface area contributed by atoms with E-state index in [0.717, 1.165) is 29.2 Å². The van der Waals surface area contributed by atoms with Crippen molar-refractivity contribution in [2.45, 2.75) is 19.4 Å². The van der Waals surface area contributed by atoms with E-state index >= 15 is 0 Å². The van der Waals surface area contributed by atoms with E-state index in [9.17, 15) is 4.79 Å². The van der Waals surface area contributed by atoms with Crippen molar-refractivity contribution in [1.29, 1.82) is 0 Å². The highest BCUT2D eigenvalue weighted by Gasteiger charge is 2.09. The molecular formula is C18H22N4OS. The summed E-state index contributed by atoms with van der Waals surface area (Å²) in [6.45, 7) is 1.45. The van der Waals surface area contributed by atoms with Crippen LogP contribution in [0.1, 0.15) is 16.3 Å². The lowest BCUT2D eigenvalue weighted by Gasteiger charge is -2.05. The number of fused-ring (bicyclic) bond motifs is 1. The fourth-order valence-electron chi connectivity index (χ4n) is 2.68. The molecule has 0 saturated heterocycles. The van der Waals surface area contributed by atoms with Crippen molar-refractivity contribution in [3.8, 4) is 0 Å². The van der Waals surface area contributed by atoms with Gasteiger partial charge in [0.25, 0.3) is 0 Å². The van der Waals surface area contributed by atoms with E-state index < -0.39 is 0 Å². The topological polar surface area (TPSA) is 61.0 Å². The Bertz CT molecular complexity index is 821. The van der Waals surface area contributed by atoms with E-state index in [4.69, 9.17) is 0 Å². The molecule has 1 aromatic carbocycles. The molecule has 0 fully saturated rings. The number of para-hydroxylation sites is 1. The SMILES string of the molecule is CN(C)Cc1nc(CC(=O)NCCc2c[nH]c3ccccc23)cs1. The lowest BCUT2D eigenvalue weighted by molar-refractivity contribution is -0.120. The Kier molecular flexibility index (Phi) is 5.27. The molecule has 0 unspecified atom stereocenters. The van der Waals surface area contributed by atoms with Gasteiger partial charge in [0.2, 0.25) is 5.91 Å². The summed E-state index contributed by atoms with van der Waals surface area (Å²) in [6, 6.07) is 8.21. The average Bonchev–Trinajstić information content (AvgIpc) is 3.14. The highest BCUT2D eigenvalue weighted by atomic mass is 32.1. The molecule has 2 heterocycles. The summed E-state index contributed by atoms with van der Waals surface area (Å²) >= 11 is 1.61. The summed E-state index contributed by atoms with van der Waals surface area (Å²) in [5.41, 5.74) is 3.21. The Balaban J connectivity index is 1.48. The molecule has 6 heteroatoms. The van der Waals surface area contributed by atoms with Crippen LogP contribution in [0.15, 0.2) is 35.8 Å². The van der Waals surface area contributed by atoms with Crippen LogP contribution in [0.2, 0.25) is 0 Å². The molecule has 24 heavy (non-hydrogen) atoms. The smallest absolute Gasteiger partial charge is 0.226 e. The number of aromatic amines is 1. The van der Waals surface area contributed by atoms with Gasteiger partial charge in [-0.05, 0) is 32.1 Å². The zero-order valence-corrected chi connectivity index (χ0v) is 14.8. The maximum atomic E-state index is 12.1. The average molecular weight is 342 g/mol. The molecule has 3 rings (SSSR count). The van der Waals surface area contributed by atoms with Crippen LogP contribution in [0.25, 0.3) is 10.9 Å². The Morgan fingerprint density at radius 3 is 3.00 bits per heavy atom. The summed E-state index contributed by atoms with van der Waals surface area (Å²) < 4.78 is 0. The molecule has 5 nitrogen and oxygen atoms in total. The second kappa shape index (κ2) is 7.59. The zero-order valence-electron chi connectivity index (χ0n) is 14.0. The van der Waals surface area contributed by atoms with Gasteiger partial charge in [0.05, 0.1) is 12.1 Å². The van der Waals surface area contributed by atoms with Crippen LogP contribution < -0.4 is 5.32 Å². The molecule has 0 spiro atoms. The van der Waals surface area contributed by atoms with Gasteiger partial charge in [-0.2, -0.15) is 0 Å². The van der Waals surface area contributed by atoms with Crippen LogP contribution in [0, 0.1) is 0 Å². The fourth-order valence-corrected chi connectivity index (χ4v) is 3.59. The van der Waals surface area contributed by atoms with Crippen molar-refractivity contribution in [1.82, 2.24) is 20.2 Å². The predicted molar refractivity (Wildman–Crippen MR) is 98.2 cm³/mol. The van der Waals surface area contributed by atoms with Crippen molar-refractivity contribution < 1.29 is 4.79 Å². The van der Waals surface area contributed by atoms with E-state index in [0.29, 0.717) is 13.0 Å². The number of nitrogens with one attached hydrogen (secondary N) is 2. The molecule has 0 atom stereocenters. The number of H-pyrrole nitrogens is 1. The van der Waals surface area contributed by atoms with Crippen LogP contribution in [0.5, 0.6) is 0 Å². The van der Waals surface area contributed by atoms with Crippen LogP contribution in [-0.4, -0.2) is 41.4 Å². The molecule has 0 aliphatic rings. The molecule has 2 aromatic heterocycles. The third-order valence-corrected chi connectivity index (χ3v) is 4.67. The third-order valence-electron chi connectivity index (χ3n) is 3.78. The fraction of sp³-hybridized carbons (Fsp3) is 0.333. The molecular weight excluding hydrogens is 320 g/mol. The molecule has 0 aliphatic heterocycles. The number of carbonyl (C=O) groups excluding carboxylic acids is 1. The number of carbonyl (C=O) groups is 1. The van der Waals surface area contributed by atoms with Gasteiger partial charge in [0.1, 0.15) is 5.01 Å². The lowest BCUT2D eigenvalue weighted by Crippen LogP contribution is -2.27. The third kappa shape index (κ3) is 4.21. The normalized spacial score (nSPS) is 11.3. The van der Waals surface area contributed by atoms with E-state index in [-0.39, 0.29) is 5.91 Å². The lowest BCUT2D eigenvalue weighted by atomic mass is 10.1. The van der Waals surface area contributed by atoms with Crippen LogP contribution in [0.3, 0.4) is 0 Å². The molecule has 2 N–H and O–H groups in total. The minimum atomic E-state index is 0.0246. The number of amides is 1. The number of aromatic nitrogens is 2. The largest absolute Gasteiger partial charge is 0.361 e. The van der Waals surface area contributed by atoms with Gasteiger partial charge in [0, 0.05) is 35.6 Å². The highest BCUT2D eigenvalue weighted by Crippen LogP contribution is 2.17. The number of rotatable bonds is 7. The molecule has 126 valence electrons. The predicted octanol–water partition coefficient (Wildman–Crippen LogP) is 2.59. The van der Waals surface area contributed by atoms with Crippen LogP contribution in [-0.2, 0) is 24.2 Å². The Morgan fingerprint density at radius 2 is 2.17 bits per heavy atom. The molecule has 1 amide bonds. The van der Waals surface area contributed by atoms with Crippen molar-refractivity contribution in [3.05, 3.63) is 52.1 Å². The first-order valence-electron chi connectivity index (χ1n) is 8.01. The first-order valence-corrected chi connectivity index (χ1v) is 8.89. The van der Waals surface area contributed by atoms with Gasteiger partial charge in [-0.15, -0.1) is 11.3 Å². The number of benzene rings is 1. The van der Waals surface area contributed by atoms with Gasteiger partial charge in [-0.1, -0.05) is 18.2 Å². The summed E-state index contributed by atoms with van der Waals surface area (Å²) in [4.78, 5) is 21.9. The maximum absolute atomic E-state index is 12.1. The standard InChI is InChI=1S/C18H22N4OS/c1-22(2)11-18-21-14(12-24-18)9-17(23)19-8-7-13-10-20-16-6-4-3-5-15(13)16/h3-6,10,12,20H,7-9,11H2,1-2H3,(H,19,23). The van der Waals surface area contributed by atoms with E-state index in [1.54, 1.807) is 11.3 Å². The van der Waals surface area contributed by atoms with Crippen molar-refractivity contribution in [2.75, 3.05) is 20.6 Å². The van der Waals surface area contributed by atoms with Gasteiger partial charge in [-0.25, -0.2) is 4.98 Å². The monoisotopic (exact) mass is 342 g/mol. The van der Waals surface area contributed by atoms with Crippen LogP contribution in [0.4, 0.5) is 0 Å². The van der Waals surface area contributed by atoms with Crippen molar-refractivity contribution in [3.63, 3.8) is 0 Å². The number of nitrogens with zero attached hydrogens (tertiary/aromatic N) is 2. The van der Waals surface area contributed by atoms with Gasteiger partial charge >= 0.3 is 0 Å². The highest BCUT2D eigenvalue weighted by molar-refractivity contribution is 7.09. The first kappa shape index (κ1) is 16.7. The van der Waals surface area contributed by atoms with Crippen molar-refractivity contribution >= 4 is 28.1 Å².